The van der Waals surface area contributed by atoms with Gasteiger partial charge in [0.15, 0.2) is 12.4 Å². The summed E-state index contributed by atoms with van der Waals surface area (Å²) in [5.74, 6) is 0. The van der Waals surface area contributed by atoms with Crippen molar-refractivity contribution in [2.45, 2.75) is 59.2 Å². The van der Waals surface area contributed by atoms with E-state index in [9.17, 15) is 20.3 Å². The average Bonchev–Trinajstić information content (AvgIpc) is 2.08. The second-order valence-electron chi connectivity index (χ2n) is 6.31. The van der Waals surface area contributed by atoms with Crippen molar-refractivity contribution in [1.29, 1.82) is 0 Å². The van der Waals surface area contributed by atoms with Crippen LogP contribution in [0.3, 0.4) is 0 Å². The van der Waals surface area contributed by atoms with Crippen molar-refractivity contribution < 1.29 is 19.9 Å². The molecule has 100 valence electrons. The number of hydrogen-bond acceptors (Lipinski definition) is 5. The SMILES string of the molecule is CC(C)(C)C1OC(O)C(O)C([N+](=O)[O-])C1(C)C. The molecule has 4 atom stereocenters. The lowest BCUT2D eigenvalue weighted by molar-refractivity contribution is -0.575. The van der Waals surface area contributed by atoms with E-state index in [1.54, 1.807) is 13.8 Å². The number of nitro groups is 1. The molecule has 0 radical (unpaired) electrons. The normalized spacial score (nSPS) is 37.8. The van der Waals surface area contributed by atoms with Crippen LogP contribution in [-0.2, 0) is 4.74 Å². The fraction of sp³-hybridized carbons (Fsp3) is 1.00. The maximum absolute atomic E-state index is 11.1. The predicted octanol–water partition coefficient (Wildman–Crippen LogP) is 0.782. The predicted molar refractivity (Wildman–Crippen MR) is 60.9 cm³/mol. The molecule has 6 nitrogen and oxygen atoms in total. The lowest BCUT2D eigenvalue weighted by Gasteiger charge is -2.49. The molecule has 2 N–H and O–H groups in total. The third-order valence-corrected chi connectivity index (χ3v) is 3.34. The summed E-state index contributed by atoms with van der Waals surface area (Å²) in [6.07, 6.45) is -3.52. The lowest BCUT2D eigenvalue weighted by atomic mass is 9.66. The van der Waals surface area contributed by atoms with Gasteiger partial charge < -0.3 is 14.9 Å². The molecule has 1 rings (SSSR count). The Bertz CT molecular complexity index is 309. The summed E-state index contributed by atoms with van der Waals surface area (Å²) < 4.78 is 5.36. The van der Waals surface area contributed by atoms with Crippen LogP contribution in [0.15, 0.2) is 0 Å². The first-order valence-electron chi connectivity index (χ1n) is 5.64. The molecule has 0 amide bonds. The highest BCUT2D eigenvalue weighted by Crippen LogP contribution is 2.45. The van der Waals surface area contributed by atoms with E-state index in [4.69, 9.17) is 4.74 Å². The molecule has 0 aliphatic carbocycles. The van der Waals surface area contributed by atoms with Gasteiger partial charge in [-0.2, -0.15) is 0 Å². The number of ether oxygens (including phenoxy) is 1. The molecule has 1 aliphatic heterocycles. The van der Waals surface area contributed by atoms with Gasteiger partial charge in [0, 0.05) is 4.92 Å². The Morgan fingerprint density at radius 1 is 1.29 bits per heavy atom. The van der Waals surface area contributed by atoms with Gasteiger partial charge in [-0.15, -0.1) is 0 Å². The third kappa shape index (κ3) is 2.43. The van der Waals surface area contributed by atoms with Gasteiger partial charge in [0.2, 0.25) is 0 Å². The van der Waals surface area contributed by atoms with Crippen molar-refractivity contribution in [2.24, 2.45) is 10.8 Å². The van der Waals surface area contributed by atoms with Crippen molar-refractivity contribution >= 4 is 0 Å². The topological polar surface area (TPSA) is 92.8 Å². The zero-order valence-corrected chi connectivity index (χ0v) is 10.9. The van der Waals surface area contributed by atoms with E-state index < -0.39 is 34.9 Å². The molecule has 1 fully saturated rings. The van der Waals surface area contributed by atoms with Crippen LogP contribution in [-0.4, -0.2) is 39.7 Å². The Morgan fingerprint density at radius 2 is 1.76 bits per heavy atom. The first-order chi connectivity index (χ1) is 7.49. The summed E-state index contributed by atoms with van der Waals surface area (Å²) in [4.78, 5) is 10.5. The van der Waals surface area contributed by atoms with Crippen LogP contribution in [0.2, 0.25) is 0 Å². The fourth-order valence-electron chi connectivity index (χ4n) is 2.86. The monoisotopic (exact) mass is 247 g/mol. The third-order valence-electron chi connectivity index (χ3n) is 3.34. The Hall–Kier alpha value is -0.720. The smallest absolute Gasteiger partial charge is 0.251 e. The molecular weight excluding hydrogens is 226 g/mol. The molecule has 1 heterocycles. The Labute approximate surface area is 101 Å². The van der Waals surface area contributed by atoms with Crippen molar-refractivity contribution in [1.82, 2.24) is 0 Å². The van der Waals surface area contributed by atoms with Gasteiger partial charge in [0.05, 0.1) is 11.5 Å². The summed E-state index contributed by atoms with van der Waals surface area (Å²) in [6.45, 7) is 9.04. The van der Waals surface area contributed by atoms with Crippen molar-refractivity contribution in [3.8, 4) is 0 Å². The molecule has 17 heavy (non-hydrogen) atoms. The molecule has 0 aromatic heterocycles. The number of aliphatic hydroxyl groups excluding tert-OH is 2. The Kier molecular flexibility index (Phi) is 3.53. The number of rotatable bonds is 1. The second-order valence-corrected chi connectivity index (χ2v) is 6.31. The van der Waals surface area contributed by atoms with Crippen LogP contribution in [0, 0.1) is 20.9 Å². The summed E-state index contributed by atoms with van der Waals surface area (Å²) in [5, 5.41) is 30.4. The van der Waals surface area contributed by atoms with E-state index in [0.717, 1.165) is 0 Å². The molecule has 0 bridgehead atoms. The summed E-state index contributed by atoms with van der Waals surface area (Å²) in [5.41, 5.74) is -1.22. The van der Waals surface area contributed by atoms with Gasteiger partial charge in [-0.25, -0.2) is 0 Å². The van der Waals surface area contributed by atoms with E-state index in [1.807, 2.05) is 20.8 Å². The van der Waals surface area contributed by atoms with Gasteiger partial charge in [-0.05, 0) is 5.41 Å². The minimum absolute atomic E-state index is 0.362. The standard InChI is InChI=1S/C11H21NO5/c1-10(2,3)9-11(4,5)7(12(15)16)6(13)8(14)17-9/h6-9,13-14H,1-5H3. The zero-order chi connectivity index (χ0) is 13.6. The van der Waals surface area contributed by atoms with Crippen molar-refractivity contribution in [3.63, 3.8) is 0 Å². The van der Waals surface area contributed by atoms with E-state index in [2.05, 4.69) is 0 Å². The number of hydrogen-bond donors (Lipinski definition) is 2. The maximum Gasteiger partial charge on any atom is 0.251 e. The van der Waals surface area contributed by atoms with E-state index in [1.165, 1.54) is 0 Å². The number of aliphatic hydroxyl groups is 2. The van der Waals surface area contributed by atoms with Crippen LogP contribution in [0.5, 0.6) is 0 Å². The molecule has 0 saturated carbocycles. The molecule has 1 saturated heterocycles. The quantitative estimate of drug-likeness (QED) is 0.527. The molecular formula is C11H21NO5. The van der Waals surface area contributed by atoms with Gasteiger partial charge in [0.1, 0.15) is 0 Å². The van der Waals surface area contributed by atoms with Crippen LogP contribution in [0.25, 0.3) is 0 Å². The van der Waals surface area contributed by atoms with Gasteiger partial charge in [-0.3, -0.25) is 10.1 Å². The summed E-state index contributed by atoms with van der Waals surface area (Å²) in [6, 6.07) is -1.24. The molecule has 0 aromatic rings. The van der Waals surface area contributed by atoms with E-state index >= 15 is 0 Å². The van der Waals surface area contributed by atoms with Gasteiger partial charge in [0.25, 0.3) is 6.04 Å². The van der Waals surface area contributed by atoms with Crippen LogP contribution in [0.1, 0.15) is 34.6 Å². The number of nitrogens with zero attached hydrogens (tertiary/aromatic N) is 1. The first kappa shape index (κ1) is 14.3. The van der Waals surface area contributed by atoms with Crippen LogP contribution < -0.4 is 0 Å². The van der Waals surface area contributed by atoms with E-state index in [-0.39, 0.29) is 5.41 Å². The van der Waals surface area contributed by atoms with Crippen molar-refractivity contribution in [3.05, 3.63) is 10.1 Å². The second kappa shape index (κ2) is 4.19. The Balaban J connectivity index is 3.17. The largest absolute Gasteiger partial charge is 0.381 e. The molecule has 0 aromatic carbocycles. The molecule has 6 heteroatoms. The zero-order valence-electron chi connectivity index (χ0n) is 10.9. The molecule has 1 aliphatic rings. The highest BCUT2D eigenvalue weighted by atomic mass is 16.6. The van der Waals surface area contributed by atoms with Gasteiger partial charge in [-0.1, -0.05) is 34.6 Å². The lowest BCUT2D eigenvalue weighted by Crippen LogP contribution is -2.64. The van der Waals surface area contributed by atoms with E-state index in [0.29, 0.717) is 0 Å². The Morgan fingerprint density at radius 3 is 2.12 bits per heavy atom. The minimum atomic E-state index is -1.51. The highest BCUT2D eigenvalue weighted by Gasteiger charge is 2.59. The fourth-order valence-corrected chi connectivity index (χ4v) is 2.86. The summed E-state index contributed by atoms with van der Waals surface area (Å²) >= 11 is 0. The summed E-state index contributed by atoms with van der Waals surface area (Å²) in [7, 11) is 0. The molecule has 4 unspecified atom stereocenters. The maximum atomic E-state index is 11.1. The molecule has 0 spiro atoms. The highest BCUT2D eigenvalue weighted by molar-refractivity contribution is 4.99. The van der Waals surface area contributed by atoms with Crippen LogP contribution >= 0.6 is 0 Å². The minimum Gasteiger partial charge on any atom is -0.381 e. The van der Waals surface area contributed by atoms with Crippen molar-refractivity contribution in [2.75, 3.05) is 0 Å². The average molecular weight is 247 g/mol. The van der Waals surface area contributed by atoms with Crippen LogP contribution in [0.4, 0.5) is 0 Å². The van der Waals surface area contributed by atoms with Gasteiger partial charge >= 0.3 is 0 Å². The first-order valence-corrected chi connectivity index (χ1v) is 5.64.